The molecule has 2 heterocycles. The maximum Gasteiger partial charge on any atom is 0.239 e. The molecule has 8 nitrogen and oxygen atoms in total. The number of nitrogens with zero attached hydrogens (tertiary/aromatic N) is 5. The van der Waals surface area contributed by atoms with Gasteiger partial charge < -0.3 is 14.8 Å². The van der Waals surface area contributed by atoms with Gasteiger partial charge >= 0.3 is 0 Å². The maximum atomic E-state index is 13.1. The Morgan fingerprint density at radius 2 is 1.91 bits per heavy atom. The number of hydrogen-bond acceptors (Lipinski definition) is 5. The van der Waals surface area contributed by atoms with Crippen LogP contribution in [0.2, 0.25) is 0 Å². The van der Waals surface area contributed by atoms with Crippen molar-refractivity contribution in [1.29, 1.82) is 0 Å². The molecule has 1 saturated heterocycles. The monoisotopic (exact) mass is 502 g/mol. The molecule has 2 atom stereocenters. The van der Waals surface area contributed by atoms with Crippen LogP contribution in [0.5, 0.6) is 0 Å². The van der Waals surface area contributed by atoms with Crippen molar-refractivity contribution in [1.82, 2.24) is 24.1 Å². The van der Waals surface area contributed by atoms with Gasteiger partial charge in [-0.15, -0.1) is 0 Å². The Morgan fingerprint density at radius 1 is 1.20 bits per heavy atom. The SMILES string of the molecule is CN(C)c1ccc(Cn2cncc2CCNC(=O)C2CN(CCC(C)(C)C)CCN2S(C)=O)cc1. The van der Waals surface area contributed by atoms with E-state index in [0.29, 0.717) is 26.1 Å². The van der Waals surface area contributed by atoms with Crippen molar-refractivity contribution < 1.29 is 9.00 Å². The van der Waals surface area contributed by atoms with Gasteiger partial charge in [-0.25, -0.2) is 13.5 Å². The van der Waals surface area contributed by atoms with Gasteiger partial charge in [-0.1, -0.05) is 32.9 Å². The summed E-state index contributed by atoms with van der Waals surface area (Å²) in [5.74, 6) is -0.0500. The van der Waals surface area contributed by atoms with Gasteiger partial charge in [0.2, 0.25) is 5.91 Å². The van der Waals surface area contributed by atoms with Crippen LogP contribution >= 0.6 is 0 Å². The van der Waals surface area contributed by atoms with Gasteiger partial charge in [0.15, 0.2) is 0 Å². The first kappa shape index (κ1) is 27.4. The highest BCUT2D eigenvalue weighted by Crippen LogP contribution is 2.21. The van der Waals surface area contributed by atoms with E-state index in [-0.39, 0.29) is 11.3 Å². The molecule has 1 fully saturated rings. The van der Waals surface area contributed by atoms with Crippen molar-refractivity contribution >= 4 is 22.6 Å². The van der Waals surface area contributed by atoms with E-state index in [2.05, 4.69) is 69.7 Å². The van der Waals surface area contributed by atoms with Crippen molar-refractivity contribution in [2.24, 2.45) is 5.41 Å². The third-order valence-electron chi connectivity index (χ3n) is 6.51. The Morgan fingerprint density at radius 3 is 2.54 bits per heavy atom. The van der Waals surface area contributed by atoms with E-state index in [1.54, 1.807) is 6.26 Å². The van der Waals surface area contributed by atoms with Crippen LogP contribution in [0.4, 0.5) is 5.69 Å². The lowest BCUT2D eigenvalue weighted by molar-refractivity contribution is -0.126. The maximum absolute atomic E-state index is 13.1. The first-order valence-electron chi connectivity index (χ1n) is 12.4. The highest BCUT2D eigenvalue weighted by molar-refractivity contribution is 7.81. The van der Waals surface area contributed by atoms with Gasteiger partial charge in [-0.05, 0) is 36.1 Å². The minimum Gasteiger partial charge on any atom is -0.378 e. The number of anilines is 1. The van der Waals surface area contributed by atoms with Crippen LogP contribution in [-0.2, 0) is 28.7 Å². The Bertz CT molecular complexity index is 982. The van der Waals surface area contributed by atoms with Crippen molar-refractivity contribution in [2.45, 2.75) is 46.2 Å². The molecule has 1 amide bonds. The molecule has 2 unspecified atom stereocenters. The fraction of sp³-hybridized carbons (Fsp3) is 0.615. The second-order valence-electron chi connectivity index (χ2n) is 10.8. The van der Waals surface area contributed by atoms with E-state index in [9.17, 15) is 9.00 Å². The van der Waals surface area contributed by atoms with E-state index in [1.165, 1.54) is 11.3 Å². The predicted molar refractivity (Wildman–Crippen MR) is 144 cm³/mol. The highest BCUT2D eigenvalue weighted by atomic mass is 32.2. The summed E-state index contributed by atoms with van der Waals surface area (Å²) in [6.07, 6.45) is 7.13. The third-order valence-corrected chi connectivity index (χ3v) is 7.61. The molecule has 0 spiro atoms. The van der Waals surface area contributed by atoms with E-state index in [0.717, 1.165) is 31.7 Å². The quantitative estimate of drug-likeness (QED) is 0.540. The number of piperazine rings is 1. The second-order valence-corrected chi connectivity index (χ2v) is 12.1. The molecule has 1 aromatic carbocycles. The zero-order valence-corrected chi connectivity index (χ0v) is 23.0. The topological polar surface area (TPSA) is 73.7 Å². The Labute approximate surface area is 213 Å². The van der Waals surface area contributed by atoms with E-state index in [1.807, 2.05) is 30.9 Å². The molecular formula is C26H42N6O2S. The number of rotatable bonds is 10. The average Bonchev–Trinajstić information content (AvgIpc) is 3.24. The van der Waals surface area contributed by atoms with Gasteiger partial charge in [-0.3, -0.25) is 9.69 Å². The predicted octanol–water partition coefficient (Wildman–Crippen LogP) is 2.37. The molecule has 35 heavy (non-hydrogen) atoms. The van der Waals surface area contributed by atoms with Crippen molar-refractivity contribution in [2.75, 3.05) is 58.0 Å². The Hall–Kier alpha value is -2.23. The molecule has 1 aromatic heterocycles. The van der Waals surface area contributed by atoms with Gasteiger partial charge in [0.05, 0.1) is 17.3 Å². The van der Waals surface area contributed by atoms with Crippen LogP contribution in [0, 0.1) is 5.41 Å². The molecule has 9 heteroatoms. The fourth-order valence-corrected chi connectivity index (χ4v) is 5.13. The summed E-state index contributed by atoms with van der Waals surface area (Å²) < 4.78 is 16.2. The standard InChI is InChI=1S/C26H42N6O2S/c1-26(2,3)12-14-30-15-16-32(35(6)34)24(19-30)25(33)28-13-11-23-17-27-20-31(23)18-21-7-9-22(10-8-21)29(4)5/h7-10,17,20,24H,11-16,18-19H2,1-6H3,(H,28,33). The van der Waals surface area contributed by atoms with Gasteiger partial charge in [0.1, 0.15) is 6.04 Å². The Balaban J connectivity index is 1.55. The van der Waals surface area contributed by atoms with Gasteiger partial charge in [-0.2, -0.15) is 0 Å². The number of benzene rings is 1. The second kappa shape index (κ2) is 12.1. The molecule has 0 bridgehead atoms. The Kier molecular flexibility index (Phi) is 9.49. The smallest absolute Gasteiger partial charge is 0.239 e. The highest BCUT2D eigenvalue weighted by Gasteiger charge is 2.34. The molecular weight excluding hydrogens is 460 g/mol. The van der Waals surface area contributed by atoms with Crippen molar-refractivity contribution in [3.63, 3.8) is 0 Å². The van der Waals surface area contributed by atoms with Gasteiger partial charge in [0, 0.05) is 77.1 Å². The molecule has 1 aliphatic heterocycles. The lowest BCUT2D eigenvalue weighted by Gasteiger charge is -2.39. The molecule has 1 aliphatic rings. The van der Waals surface area contributed by atoms with Crippen molar-refractivity contribution in [3.8, 4) is 0 Å². The number of imidazole rings is 1. The summed E-state index contributed by atoms with van der Waals surface area (Å²) in [7, 11) is 2.89. The lowest BCUT2D eigenvalue weighted by atomic mass is 9.92. The fourth-order valence-electron chi connectivity index (χ4n) is 4.27. The largest absolute Gasteiger partial charge is 0.378 e. The van der Waals surface area contributed by atoms with Crippen LogP contribution in [-0.4, -0.2) is 88.0 Å². The third kappa shape index (κ3) is 8.15. The summed E-state index contributed by atoms with van der Waals surface area (Å²) in [6, 6.07) is 8.10. The van der Waals surface area contributed by atoms with Crippen LogP contribution < -0.4 is 10.2 Å². The van der Waals surface area contributed by atoms with Crippen LogP contribution in [0.25, 0.3) is 0 Å². The van der Waals surface area contributed by atoms with E-state index < -0.39 is 17.0 Å². The van der Waals surface area contributed by atoms with E-state index >= 15 is 0 Å². The summed E-state index contributed by atoms with van der Waals surface area (Å²) >= 11 is 0. The van der Waals surface area contributed by atoms with Gasteiger partial charge in [0.25, 0.3) is 0 Å². The summed E-state index contributed by atoms with van der Waals surface area (Å²) in [5.41, 5.74) is 3.70. The zero-order chi connectivity index (χ0) is 25.6. The lowest BCUT2D eigenvalue weighted by Crippen LogP contribution is -2.59. The number of carbonyl (C=O) groups is 1. The normalized spacial score (nSPS) is 18.4. The molecule has 2 aromatic rings. The number of hydrogen-bond donors (Lipinski definition) is 1. The number of aromatic nitrogens is 2. The minimum absolute atomic E-state index is 0.0500. The molecule has 194 valence electrons. The summed E-state index contributed by atoms with van der Waals surface area (Å²) in [4.78, 5) is 21.8. The molecule has 0 radical (unpaired) electrons. The van der Waals surface area contributed by atoms with Crippen molar-refractivity contribution in [3.05, 3.63) is 48.0 Å². The molecule has 1 N–H and O–H groups in total. The number of nitrogens with one attached hydrogen (secondary N) is 1. The van der Waals surface area contributed by atoms with E-state index in [4.69, 9.17) is 0 Å². The first-order chi connectivity index (χ1) is 16.5. The summed E-state index contributed by atoms with van der Waals surface area (Å²) in [6.45, 7) is 11.0. The first-order valence-corrected chi connectivity index (χ1v) is 13.9. The van der Waals surface area contributed by atoms with Crippen LogP contribution in [0.15, 0.2) is 36.8 Å². The molecule has 0 aliphatic carbocycles. The number of carbonyl (C=O) groups excluding carboxylic acids is 1. The zero-order valence-electron chi connectivity index (χ0n) is 22.2. The number of amides is 1. The average molecular weight is 503 g/mol. The summed E-state index contributed by atoms with van der Waals surface area (Å²) in [5, 5.41) is 3.09. The minimum atomic E-state index is -1.18. The van der Waals surface area contributed by atoms with Crippen LogP contribution in [0.3, 0.4) is 0 Å². The van der Waals surface area contributed by atoms with Crippen LogP contribution in [0.1, 0.15) is 38.4 Å². The molecule has 3 rings (SSSR count). The molecule has 0 saturated carbocycles.